The van der Waals surface area contributed by atoms with Gasteiger partial charge in [0.05, 0.1) is 6.10 Å². The van der Waals surface area contributed by atoms with E-state index in [9.17, 15) is 9.57 Å². The molecule has 0 aliphatic heterocycles. The van der Waals surface area contributed by atoms with Gasteiger partial charge in [-0.2, -0.15) is 0 Å². The van der Waals surface area contributed by atoms with Gasteiger partial charge in [-0.1, -0.05) is 40.0 Å². The lowest BCUT2D eigenvalue weighted by molar-refractivity contribution is -0.0847. The standard InChI is InChI=1S/C11H24O4Si.H3N/c1-4-7-10(12)11(8-5-2,9-6-3)15-16(13)14;/h10,12-13H,4-9H2,1-3H3;1H3. The van der Waals surface area contributed by atoms with Crippen LogP contribution in [0.4, 0.5) is 0 Å². The van der Waals surface area contributed by atoms with Crippen LogP contribution in [0.25, 0.3) is 0 Å². The first-order valence-electron chi connectivity index (χ1n) is 6.12. The minimum atomic E-state index is -3.01. The topological polar surface area (TPSA) is 102 Å². The average Bonchev–Trinajstić information content (AvgIpc) is 2.17. The Labute approximate surface area is 106 Å². The molecule has 0 fully saturated rings. The Morgan fingerprint density at radius 1 is 1.18 bits per heavy atom. The third-order valence-electron chi connectivity index (χ3n) is 2.81. The van der Waals surface area contributed by atoms with E-state index in [1.54, 1.807) is 0 Å². The van der Waals surface area contributed by atoms with E-state index in [1.807, 2.05) is 20.8 Å². The van der Waals surface area contributed by atoms with E-state index < -0.39 is 20.9 Å². The van der Waals surface area contributed by atoms with Crippen molar-refractivity contribution in [3.05, 3.63) is 0 Å². The maximum absolute atomic E-state index is 10.9. The van der Waals surface area contributed by atoms with E-state index in [0.717, 1.165) is 19.3 Å². The average molecular weight is 265 g/mol. The minimum Gasteiger partial charge on any atom is -0.511 e. The molecule has 0 aliphatic carbocycles. The van der Waals surface area contributed by atoms with E-state index in [-0.39, 0.29) is 6.15 Å². The second-order valence-corrected chi connectivity index (χ2v) is 4.97. The van der Waals surface area contributed by atoms with Gasteiger partial charge < -0.3 is 20.5 Å². The highest BCUT2D eigenvalue weighted by molar-refractivity contribution is 6.24. The molecule has 0 amide bonds. The van der Waals surface area contributed by atoms with Crippen LogP contribution in [-0.4, -0.2) is 30.8 Å². The Bertz CT molecular complexity index is 208. The molecule has 5 nitrogen and oxygen atoms in total. The molecule has 0 rings (SSSR count). The predicted molar refractivity (Wildman–Crippen MR) is 68.2 cm³/mol. The van der Waals surface area contributed by atoms with Gasteiger partial charge in [0.25, 0.3) is 0 Å². The molecule has 5 N–H and O–H groups in total. The molecule has 0 aromatic rings. The van der Waals surface area contributed by atoms with Crippen LogP contribution in [0.1, 0.15) is 59.3 Å². The van der Waals surface area contributed by atoms with Crippen molar-refractivity contribution in [1.82, 2.24) is 6.15 Å². The quantitative estimate of drug-likeness (QED) is 0.554. The monoisotopic (exact) mass is 265 g/mol. The third kappa shape index (κ3) is 6.14. The van der Waals surface area contributed by atoms with Gasteiger partial charge in [-0.05, 0) is 19.3 Å². The zero-order valence-electron chi connectivity index (χ0n) is 11.2. The molecule has 6 heteroatoms. The van der Waals surface area contributed by atoms with Crippen molar-refractivity contribution in [2.45, 2.75) is 71.0 Å². The zero-order chi connectivity index (χ0) is 12.6. The van der Waals surface area contributed by atoms with Crippen LogP contribution in [0.3, 0.4) is 0 Å². The summed E-state index contributed by atoms with van der Waals surface area (Å²) < 4.78 is 16.1. The molecule has 0 saturated heterocycles. The van der Waals surface area contributed by atoms with Crippen LogP contribution in [0.2, 0.25) is 0 Å². The van der Waals surface area contributed by atoms with Crippen molar-refractivity contribution < 1.29 is 18.8 Å². The summed E-state index contributed by atoms with van der Waals surface area (Å²) in [7, 11) is -3.01. The first-order valence-corrected chi connectivity index (χ1v) is 7.38. The molecular weight excluding hydrogens is 238 g/mol. The molecule has 0 heterocycles. The van der Waals surface area contributed by atoms with Gasteiger partial charge in [-0.3, -0.25) is 4.46 Å². The van der Waals surface area contributed by atoms with Crippen molar-refractivity contribution in [2.75, 3.05) is 0 Å². The van der Waals surface area contributed by atoms with Crippen molar-refractivity contribution >= 4 is 9.17 Å². The van der Waals surface area contributed by atoms with Gasteiger partial charge >= 0.3 is 9.17 Å². The third-order valence-corrected chi connectivity index (χ3v) is 3.39. The summed E-state index contributed by atoms with van der Waals surface area (Å²) in [4.78, 5) is 8.97. The van der Waals surface area contributed by atoms with Gasteiger partial charge in [0.15, 0.2) is 0 Å². The van der Waals surface area contributed by atoms with Crippen molar-refractivity contribution in [1.29, 1.82) is 0 Å². The van der Waals surface area contributed by atoms with Crippen LogP contribution in [-0.2, 0) is 8.89 Å². The highest BCUT2D eigenvalue weighted by atomic mass is 28.3. The number of aliphatic hydroxyl groups excluding tert-OH is 1. The SMILES string of the molecule is CCCC(O)C(CCC)(CCC)O[Si](=O)O.N. The van der Waals surface area contributed by atoms with E-state index in [4.69, 9.17) is 9.22 Å². The Kier molecular flexibility index (Phi) is 10.6. The smallest absolute Gasteiger partial charge is 0.511 e. The Hall–Kier alpha value is -0.463. The molecule has 0 aromatic carbocycles. The van der Waals surface area contributed by atoms with E-state index in [1.165, 1.54) is 0 Å². The molecule has 1 unspecified atom stereocenters. The Morgan fingerprint density at radius 2 is 1.65 bits per heavy atom. The van der Waals surface area contributed by atoms with E-state index in [0.29, 0.717) is 19.3 Å². The van der Waals surface area contributed by atoms with Gasteiger partial charge in [0, 0.05) is 0 Å². The summed E-state index contributed by atoms with van der Waals surface area (Å²) in [6.45, 7) is 5.95. The second kappa shape index (κ2) is 9.56. The first-order chi connectivity index (χ1) is 7.52. The minimum absolute atomic E-state index is 0. The fourth-order valence-corrected chi connectivity index (χ4v) is 2.87. The first kappa shape index (κ1) is 18.9. The summed E-state index contributed by atoms with van der Waals surface area (Å²) in [6, 6.07) is 0. The molecular formula is C11H27NO4Si. The molecule has 0 bridgehead atoms. The van der Waals surface area contributed by atoms with Crippen LogP contribution < -0.4 is 6.15 Å². The molecule has 0 radical (unpaired) electrons. The van der Waals surface area contributed by atoms with Crippen molar-refractivity contribution in [3.63, 3.8) is 0 Å². The molecule has 0 aliphatic rings. The summed E-state index contributed by atoms with van der Waals surface area (Å²) in [5.74, 6) is 0. The maximum atomic E-state index is 10.9. The summed E-state index contributed by atoms with van der Waals surface area (Å²) in [5.41, 5.74) is -0.829. The van der Waals surface area contributed by atoms with Crippen molar-refractivity contribution in [2.24, 2.45) is 0 Å². The fourth-order valence-electron chi connectivity index (χ4n) is 2.19. The molecule has 0 saturated carbocycles. The fraction of sp³-hybridized carbons (Fsp3) is 1.00. The molecule has 0 aromatic heterocycles. The summed E-state index contributed by atoms with van der Waals surface area (Å²) >= 11 is 0. The Balaban J connectivity index is 0. The lowest BCUT2D eigenvalue weighted by Crippen LogP contribution is -2.47. The molecule has 17 heavy (non-hydrogen) atoms. The van der Waals surface area contributed by atoms with Crippen LogP contribution in [0, 0.1) is 0 Å². The molecule has 1 atom stereocenters. The van der Waals surface area contributed by atoms with Gasteiger partial charge in [-0.25, -0.2) is 0 Å². The van der Waals surface area contributed by atoms with E-state index >= 15 is 0 Å². The van der Waals surface area contributed by atoms with Crippen LogP contribution >= 0.6 is 0 Å². The van der Waals surface area contributed by atoms with Crippen molar-refractivity contribution in [3.8, 4) is 0 Å². The normalized spacial score (nSPS) is 12.7. The Morgan fingerprint density at radius 3 is 1.94 bits per heavy atom. The molecule has 0 spiro atoms. The highest BCUT2D eigenvalue weighted by Crippen LogP contribution is 2.30. The predicted octanol–water partition coefficient (Wildman–Crippen LogP) is 2.07. The van der Waals surface area contributed by atoms with Gasteiger partial charge in [-0.15, -0.1) is 0 Å². The van der Waals surface area contributed by atoms with E-state index in [2.05, 4.69) is 0 Å². The van der Waals surface area contributed by atoms with Crippen LogP contribution in [0.15, 0.2) is 0 Å². The summed E-state index contributed by atoms with van der Waals surface area (Å²) in [5, 5.41) is 10.1. The molecule has 104 valence electrons. The zero-order valence-corrected chi connectivity index (χ0v) is 12.2. The van der Waals surface area contributed by atoms with Gasteiger partial charge in [0.2, 0.25) is 0 Å². The number of hydrogen-bond donors (Lipinski definition) is 3. The number of hydrogen-bond acceptors (Lipinski definition) is 4. The maximum Gasteiger partial charge on any atom is 0.765 e. The lowest BCUT2D eigenvalue weighted by Gasteiger charge is -2.37. The van der Waals surface area contributed by atoms with Crippen LogP contribution in [0.5, 0.6) is 0 Å². The number of aliphatic hydroxyl groups is 1. The van der Waals surface area contributed by atoms with Gasteiger partial charge in [0.1, 0.15) is 5.60 Å². The second-order valence-electron chi connectivity index (χ2n) is 4.24. The highest BCUT2D eigenvalue weighted by Gasteiger charge is 2.40. The summed E-state index contributed by atoms with van der Waals surface area (Å²) in [6.07, 6.45) is 3.70. The largest absolute Gasteiger partial charge is 0.765 e. The lowest BCUT2D eigenvalue weighted by atomic mass is 9.85. The number of rotatable bonds is 9.